The van der Waals surface area contributed by atoms with Gasteiger partial charge in [0.1, 0.15) is 11.8 Å². The molecule has 0 saturated carbocycles. The Hall–Kier alpha value is -2.04. The summed E-state index contributed by atoms with van der Waals surface area (Å²) in [6.45, 7) is 4.26. The maximum absolute atomic E-state index is 11.8. The Morgan fingerprint density at radius 3 is 2.76 bits per heavy atom. The first kappa shape index (κ1) is 11.4. The van der Waals surface area contributed by atoms with E-state index in [1.54, 1.807) is 6.92 Å². The number of nitrogens with one attached hydrogen (secondary N) is 1. The predicted molar refractivity (Wildman–Crippen MR) is 62.6 cm³/mol. The van der Waals surface area contributed by atoms with Crippen molar-refractivity contribution in [2.24, 2.45) is 7.05 Å². The number of hydrogen-bond acceptors (Lipinski definition) is 3. The molecule has 90 valence electrons. The first-order valence-corrected chi connectivity index (χ1v) is 5.40. The van der Waals surface area contributed by atoms with Crippen molar-refractivity contribution in [2.75, 3.05) is 0 Å². The van der Waals surface area contributed by atoms with E-state index in [0.717, 1.165) is 11.4 Å². The van der Waals surface area contributed by atoms with Gasteiger partial charge in [-0.25, -0.2) is 0 Å². The van der Waals surface area contributed by atoms with Crippen molar-refractivity contribution in [3.05, 3.63) is 41.0 Å². The van der Waals surface area contributed by atoms with Crippen LogP contribution < -0.4 is 5.32 Å². The molecule has 0 aliphatic carbocycles. The standard InChI is InChI=1S/C12H15N3O2/c1-8-4-5-10(15(8)3)6-13-12(16)11-7-17-14-9(11)2/h4-5,7H,6H2,1-3H3,(H,13,16). The summed E-state index contributed by atoms with van der Waals surface area (Å²) in [5, 5.41) is 6.51. The first-order valence-electron chi connectivity index (χ1n) is 5.40. The van der Waals surface area contributed by atoms with Gasteiger partial charge in [0.25, 0.3) is 5.91 Å². The topological polar surface area (TPSA) is 60.1 Å². The summed E-state index contributed by atoms with van der Waals surface area (Å²) in [7, 11) is 1.97. The van der Waals surface area contributed by atoms with Crippen molar-refractivity contribution < 1.29 is 9.32 Å². The third-order valence-corrected chi connectivity index (χ3v) is 2.90. The van der Waals surface area contributed by atoms with Crippen molar-refractivity contribution in [2.45, 2.75) is 20.4 Å². The van der Waals surface area contributed by atoms with Gasteiger partial charge in [-0.15, -0.1) is 0 Å². The molecule has 0 aliphatic heterocycles. The van der Waals surface area contributed by atoms with E-state index in [9.17, 15) is 4.79 Å². The molecule has 2 rings (SSSR count). The van der Waals surface area contributed by atoms with E-state index < -0.39 is 0 Å². The van der Waals surface area contributed by atoms with Crippen molar-refractivity contribution in [3.63, 3.8) is 0 Å². The summed E-state index contributed by atoms with van der Waals surface area (Å²) >= 11 is 0. The highest BCUT2D eigenvalue weighted by molar-refractivity contribution is 5.94. The molecule has 1 N–H and O–H groups in total. The molecule has 0 unspecified atom stereocenters. The maximum atomic E-state index is 11.8. The second-order valence-electron chi connectivity index (χ2n) is 4.02. The van der Waals surface area contributed by atoms with Crippen LogP contribution in [-0.4, -0.2) is 15.6 Å². The van der Waals surface area contributed by atoms with Crippen LogP contribution in [0.1, 0.15) is 27.4 Å². The SMILES string of the molecule is Cc1nocc1C(=O)NCc1ccc(C)n1C. The lowest BCUT2D eigenvalue weighted by atomic mass is 10.2. The molecule has 2 aromatic rings. The summed E-state index contributed by atoms with van der Waals surface area (Å²) in [5.74, 6) is -0.164. The number of aryl methyl sites for hydroxylation is 2. The third-order valence-electron chi connectivity index (χ3n) is 2.90. The highest BCUT2D eigenvalue weighted by Gasteiger charge is 2.12. The summed E-state index contributed by atoms with van der Waals surface area (Å²) in [6, 6.07) is 4.02. The lowest BCUT2D eigenvalue weighted by Gasteiger charge is -2.06. The molecule has 2 heterocycles. The predicted octanol–water partition coefficient (Wildman–Crippen LogP) is 1.56. The molecule has 0 saturated heterocycles. The molecule has 17 heavy (non-hydrogen) atoms. The van der Waals surface area contributed by atoms with Gasteiger partial charge in [0, 0.05) is 18.4 Å². The molecule has 1 amide bonds. The fourth-order valence-electron chi connectivity index (χ4n) is 1.62. The van der Waals surface area contributed by atoms with Crippen molar-refractivity contribution in [1.82, 2.24) is 15.0 Å². The fraction of sp³-hybridized carbons (Fsp3) is 0.333. The Kier molecular flexibility index (Phi) is 2.99. The van der Waals surface area contributed by atoms with Crippen LogP contribution in [0.4, 0.5) is 0 Å². The van der Waals surface area contributed by atoms with Gasteiger partial charge in [-0.3, -0.25) is 4.79 Å². The number of carbonyl (C=O) groups is 1. The van der Waals surface area contributed by atoms with Crippen LogP contribution in [0.3, 0.4) is 0 Å². The van der Waals surface area contributed by atoms with Crippen LogP contribution in [0, 0.1) is 13.8 Å². The van der Waals surface area contributed by atoms with Gasteiger partial charge in [-0.1, -0.05) is 5.16 Å². The zero-order valence-electron chi connectivity index (χ0n) is 10.2. The smallest absolute Gasteiger partial charge is 0.256 e. The number of amides is 1. The average molecular weight is 233 g/mol. The van der Waals surface area contributed by atoms with Gasteiger partial charge in [0.15, 0.2) is 0 Å². The van der Waals surface area contributed by atoms with Crippen LogP contribution in [0.2, 0.25) is 0 Å². The lowest BCUT2D eigenvalue weighted by molar-refractivity contribution is 0.0949. The van der Waals surface area contributed by atoms with Crippen molar-refractivity contribution in [3.8, 4) is 0 Å². The Morgan fingerprint density at radius 1 is 1.47 bits per heavy atom. The molecule has 0 atom stereocenters. The minimum atomic E-state index is -0.164. The molecule has 0 spiro atoms. The van der Waals surface area contributed by atoms with E-state index in [1.165, 1.54) is 6.26 Å². The Labute approximate surface area is 99.4 Å². The molecular weight excluding hydrogens is 218 g/mol. The third kappa shape index (κ3) is 2.22. The number of aromatic nitrogens is 2. The van der Waals surface area contributed by atoms with Crippen LogP contribution in [0.25, 0.3) is 0 Å². The zero-order valence-corrected chi connectivity index (χ0v) is 10.2. The molecule has 2 aromatic heterocycles. The molecule has 0 fully saturated rings. The van der Waals surface area contributed by atoms with Crippen LogP contribution in [0.15, 0.2) is 22.9 Å². The molecule has 5 heteroatoms. The minimum absolute atomic E-state index is 0.164. The number of carbonyl (C=O) groups excluding carboxylic acids is 1. The van der Waals surface area contributed by atoms with Crippen molar-refractivity contribution >= 4 is 5.91 Å². The zero-order chi connectivity index (χ0) is 12.4. The van der Waals surface area contributed by atoms with Crippen LogP contribution in [-0.2, 0) is 13.6 Å². The van der Waals surface area contributed by atoms with E-state index in [-0.39, 0.29) is 5.91 Å². The molecule has 0 bridgehead atoms. The lowest BCUT2D eigenvalue weighted by Crippen LogP contribution is -2.24. The largest absolute Gasteiger partial charge is 0.364 e. The summed E-state index contributed by atoms with van der Waals surface area (Å²) in [4.78, 5) is 11.8. The minimum Gasteiger partial charge on any atom is -0.364 e. The van der Waals surface area contributed by atoms with Crippen LogP contribution in [0.5, 0.6) is 0 Å². The second-order valence-corrected chi connectivity index (χ2v) is 4.02. The van der Waals surface area contributed by atoms with Gasteiger partial charge in [-0.2, -0.15) is 0 Å². The molecule has 0 radical (unpaired) electrons. The second kappa shape index (κ2) is 4.45. The Morgan fingerprint density at radius 2 is 2.24 bits per heavy atom. The summed E-state index contributed by atoms with van der Waals surface area (Å²) < 4.78 is 6.77. The quantitative estimate of drug-likeness (QED) is 0.875. The highest BCUT2D eigenvalue weighted by atomic mass is 16.5. The van der Waals surface area contributed by atoms with Gasteiger partial charge in [0.05, 0.1) is 12.2 Å². The van der Waals surface area contributed by atoms with Gasteiger partial charge in [-0.05, 0) is 26.0 Å². The number of nitrogens with zero attached hydrogens (tertiary/aromatic N) is 2. The highest BCUT2D eigenvalue weighted by Crippen LogP contribution is 2.07. The van der Waals surface area contributed by atoms with Gasteiger partial charge >= 0.3 is 0 Å². The van der Waals surface area contributed by atoms with Gasteiger partial charge in [0.2, 0.25) is 0 Å². The van der Waals surface area contributed by atoms with Crippen LogP contribution >= 0.6 is 0 Å². The first-order chi connectivity index (χ1) is 8.09. The number of rotatable bonds is 3. The van der Waals surface area contributed by atoms with Crippen molar-refractivity contribution in [1.29, 1.82) is 0 Å². The van der Waals surface area contributed by atoms with Gasteiger partial charge < -0.3 is 14.4 Å². The number of hydrogen-bond donors (Lipinski definition) is 1. The molecular formula is C12H15N3O2. The Balaban J connectivity index is 2.02. The summed E-state index contributed by atoms with van der Waals surface area (Å²) in [6.07, 6.45) is 1.36. The molecule has 0 aromatic carbocycles. The fourth-order valence-corrected chi connectivity index (χ4v) is 1.62. The van der Waals surface area contributed by atoms with E-state index in [4.69, 9.17) is 4.52 Å². The summed E-state index contributed by atoms with van der Waals surface area (Å²) in [5.41, 5.74) is 3.31. The van der Waals surface area contributed by atoms with E-state index in [0.29, 0.717) is 17.8 Å². The van der Waals surface area contributed by atoms with E-state index in [2.05, 4.69) is 10.5 Å². The molecule has 0 aliphatic rings. The Bertz CT molecular complexity index is 540. The normalized spacial score (nSPS) is 10.5. The maximum Gasteiger partial charge on any atom is 0.256 e. The average Bonchev–Trinajstić information content (AvgIpc) is 2.85. The van der Waals surface area contributed by atoms with E-state index >= 15 is 0 Å². The van der Waals surface area contributed by atoms with E-state index in [1.807, 2.05) is 30.7 Å². The molecule has 5 nitrogen and oxygen atoms in total. The monoisotopic (exact) mass is 233 g/mol.